The average molecular weight is 379 g/mol. The van der Waals surface area contributed by atoms with Gasteiger partial charge in [0.05, 0.1) is 23.4 Å². The molecule has 0 aliphatic rings. The van der Waals surface area contributed by atoms with Crippen molar-refractivity contribution in [3.63, 3.8) is 0 Å². The summed E-state index contributed by atoms with van der Waals surface area (Å²) >= 11 is 7.50. The third-order valence-corrected chi connectivity index (χ3v) is 4.83. The summed E-state index contributed by atoms with van der Waals surface area (Å²) in [5.41, 5.74) is 2.37. The van der Waals surface area contributed by atoms with E-state index in [9.17, 15) is 9.90 Å². The molecule has 8 heteroatoms. The monoisotopic (exact) mass is 378 g/mol. The number of halogens is 1. The van der Waals surface area contributed by atoms with Crippen molar-refractivity contribution in [3.05, 3.63) is 51.2 Å². The SMILES string of the molecule is CCCc1cc(=O)[nH]c(SCc2nc3ccc(Cl)cc3n2CCO)n1. The van der Waals surface area contributed by atoms with Crippen LogP contribution in [0.3, 0.4) is 0 Å². The van der Waals surface area contributed by atoms with E-state index >= 15 is 0 Å². The average Bonchev–Trinajstić information content (AvgIpc) is 2.90. The maximum atomic E-state index is 11.8. The number of nitrogens with one attached hydrogen (secondary N) is 1. The summed E-state index contributed by atoms with van der Waals surface area (Å²) in [4.78, 5) is 23.6. The van der Waals surface area contributed by atoms with Crippen LogP contribution in [0.2, 0.25) is 5.02 Å². The lowest BCUT2D eigenvalue weighted by molar-refractivity contribution is 0.276. The summed E-state index contributed by atoms with van der Waals surface area (Å²) in [5.74, 6) is 1.34. The molecule has 2 heterocycles. The van der Waals surface area contributed by atoms with E-state index in [-0.39, 0.29) is 12.2 Å². The van der Waals surface area contributed by atoms with Crippen LogP contribution in [0.4, 0.5) is 0 Å². The van der Waals surface area contributed by atoms with Crippen LogP contribution in [-0.2, 0) is 18.7 Å². The molecule has 1 aromatic carbocycles. The number of benzene rings is 1. The highest BCUT2D eigenvalue weighted by molar-refractivity contribution is 7.98. The fourth-order valence-electron chi connectivity index (χ4n) is 2.67. The minimum Gasteiger partial charge on any atom is -0.395 e. The smallest absolute Gasteiger partial charge is 0.251 e. The van der Waals surface area contributed by atoms with Gasteiger partial charge in [0.2, 0.25) is 0 Å². The standard InChI is InChI=1S/C17H19ClN4O2S/c1-2-3-12-9-16(24)21-17(19-12)25-10-15-20-13-5-4-11(18)8-14(13)22(15)6-7-23/h4-5,8-9,23H,2-3,6-7,10H2,1H3,(H,19,21,24). The molecule has 0 aliphatic carbocycles. The summed E-state index contributed by atoms with van der Waals surface area (Å²) in [6, 6.07) is 7.04. The first-order chi connectivity index (χ1) is 12.1. The molecule has 25 heavy (non-hydrogen) atoms. The highest BCUT2D eigenvalue weighted by Gasteiger charge is 2.12. The Morgan fingerprint density at radius 1 is 1.32 bits per heavy atom. The van der Waals surface area contributed by atoms with Gasteiger partial charge in [0.15, 0.2) is 5.16 Å². The molecule has 0 saturated heterocycles. The van der Waals surface area contributed by atoms with Crippen LogP contribution in [-0.4, -0.2) is 31.2 Å². The van der Waals surface area contributed by atoms with Gasteiger partial charge < -0.3 is 14.7 Å². The van der Waals surface area contributed by atoms with E-state index in [0.717, 1.165) is 35.4 Å². The summed E-state index contributed by atoms with van der Waals surface area (Å²) in [5, 5.41) is 10.6. The molecule has 0 spiro atoms. The van der Waals surface area contributed by atoms with Crippen LogP contribution in [0.15, 0.2) is 34.2 Å². The second-order valence-electron chi connectivity index (χ2n) is 5.62. The van der Waals surface area contributed by atoms with Gasteiger partial charge in [-0.3, -0.25) is 4.79 Å². The van der Waals surface area contributed by atoms with E-state index in [4.69, 9.17) is 11.6 Å². The predicted octanol–water partition coefficient (Wildman–Crippen LogP) is 3.01. The molecule has 0 fully saturated rings. The number of imidazole rings is 1. The fraction of sp³-hybridized carbons (Fsp3) is 0.353. The first-order valence-electron chi connectivity index (χ1n) is 8.09. The van der Waals surface area contributed by atoms with E-state index in [0.29, 0.717) is 22.5 Å². The molecule has 2 N–H and O–H groups in total. The second kappa shape index (κ2) is 8.03. The van der Waals surface area contributed by atoms with Gasteiger partial charge >= 0.3 is 0 Å². The molecule has 0 atom stereocenters. The highest BCUT2D eigenvalue weighted by atomic mass is 35.5. The van der Waals surface area contributed by atoms with Crippen LogP contribution in [0.25, 0.3) is 11.0 Å². The molecule has 3 aromatic rings. The fourth-order valence-corrected chi connectivity index (χ4v) is 3.68. The Morgan fingerprint density at radius 2 is 2.16 bits per heavy atom. The van der Waals surface area contributed by atoms with E-state index in [2.05, 4.69) is 21.9 Å². The van der Waals surface area contributed by atoms with Crippen LogP contribution < -0.4 is 5.56 Å². The summed E-state index contributed by atoms with van der Waals surface area (Å²) in [7, 11) is 0. The Hall–Kier alpha value is -1.83. The molecule has 3 rings (SSSR count). The van der Waals surface area contributed by atoms with Gasteiger partial charge in [0, 0.05) is 23.3 Å². The van der Waals surface area contributed by atoms with E-state index in [1.807, 2.05) is 16.7 Å². The van der Waals surface area contributed by atoms with Crippen molar-refractivity contribution >= 4 is 34.4 Å². The van der Waals surface area contributed by atoms with Crippen molar-refractivity contribution in [3.8, 4) is 0 Å². The number of aliphatic hydroxyl groups is 1. The van der Waals surface area contributed by atoms with Crippen molar-refractivity contribution in [2.75, 3.05) is 6.61 Å². The quantitative estimate of drug-likeness (QED) is 0.487. The summed E-state index contributed by atoms with van der Waals surface area (Å²) in [6.07, 6.45) is 1.71. The minimum absolute atomic E-state index is 0.0106. The van der Waals surface area contributed by atoms with E-state index < -0.39 is 0 Å². The number of aromatic nitrogens is 4. The molecule has 132 valence electrons. The van der Waals surface area contributed by atoms with Gasteiger partial charge in [-0.2, -0.15) is 0 Å². The van der Waals surface area contributed by atoms with Crippen molar-refractivity contribution < 1.29 is 5.11 Å². The molecule has 0 unspecified atom stereocenters. The molecule has 0 amide bonds. The number of hydrogen-bond donors (Lipinski definition) is 2. The van der Waals surface area contributed by atoms with E-state index in [1.165, 1.54) is 17.8 Å². The number of nitrogens with zero attached hydrogens (tertiary/aromatic N) is 3. The minimum atomic E-state index is -0.142. The van der Waals surface area contributed by atoms with Gasteiger partial charge in [-0.05, 0) is 24.6 Å². The van der Waals surface area contributed by atoms with Crippen LogP contribution in [0.5, 0.6) is 0 Å². The van der Waals surface area contributed by atoms with E-state index in [1.54, 1.807) is 6.07 Å². The molecular formula is C17H19ClN4O2S. The van der Waals surface area contributed by atoms with Gasteiger partial charge in [-0.1, -0.05) is 36.7 Å². The predicted molar refractivity (Wildman–Crippen MR) is 100 cm³/mol. The molecular weight excluding hydrogens is 360 g/mol. The lowest BCUT2D eigenvalue weighted by atomic mass is 10.2. The Balaban J connectivity index is 1.88. The first-order valence-corrected chi connectivity index (χ1v) is 9.45. The number of aliphatic hydroxyl groups excluding tert-OH is 1. The molecule has 0 aliphatic heterocycles. The number of fused-ring (bicyclic) bond motifs is 1. The van der Waals surface area contributed by atoms with Crippen molar-refractivity contribution in [1.29, 1.82) is 0 Å². The normalized spacial score (nSPS) is 11.3. The largest absolute Gasteiger partial charge is 0.395 e. The van der Waals surface area contributed by atoms with Crippen molar-refractivity contribution in [1.82, 2.24) is 19.5 Å². The third-order valence-electron chi connectivity index (χ3n) is 3.73. The number of H-pyrrole nitrogens is 1. The second-order valence-corrected chi connectivity index (χ2v) is 7.02. The lowest BCUT2D eigenvalue weighted by Crippen LogP contribution is -2.10. The number of rotatable bonds is 7. The van der Waals surface area contributed by atoms with Gasteiger partial charge in [0.25, 0.3) is 5.56 Å². The highest BCUT2D eigenvalue weighted by Crippen LogP contribution is 2.25. The molecule has 6 nitrogen and oxygen atoms in total. The first kappa shape index (κ1) is 18.0. The number of aromatic amines is 1. The summed E-state index contributed by atoms with van der Waals surface area (Å²) in [6.45, 7) is 2.50. The third kappa shape index (κ3) is 4.23. The van der Waals surface area contributed by atoms with Gasteiger partial charge in [-0.15, -0.1) is 0 Å². The van der Waals surface area contributed by atoms with Crippen LogP contribution in [0.1, 0.15) is 24.9 Å². The molecule has 0 saturated carbocycles. The Bertz CT molecular complexity index is 938. The maximum Gasteiger partial charge on any atom is 0.251 e. The van der Waals surface area contributed by atoms with Crippen LogP contribution in [0, 0.1) is 0 Å². The molecule has 2 aromatic heterocycles. The zero-order valence-corrected chi connectivity index (χ0v) is 15.4. The maximum absolute atomic E-state index is 11.8. The Kier molecular flexibility index (Phi) is 5.78. The van der Waals surface area contributed by atoms with Gasteiger partial charge in [-0.25, -0.2) is 9.97 Å². The van der Waals surface area contributed by atoms with Crippen LogP contribution >= 0.6 is 23.4 Å². The molecule has 0 bridgehead atoms. The lowest BCUT2D eigenvalue weighted by Gasteiger charge is -2.07. The summed E-state index contributed by atoms with van der Waals surface area (Å²) < 4.78 is 1.95. The van der Waals surface area contributed by atoms with Gasteiger partial charge in [0.1, 0.15) is 5.82 Å². The van der Waals surface area contributed by atoms with Crippen molar-refractivity contribution in [2.24, 2.45) is 0 Å². The zero-order valence-electron chi connectivity index (χ0n) is 13.8. The topological polar surface area (TPSA) is 83.8 Å². The number of aryl methyl sites for hydroxylation is 1. The van der Waals surface area contributed by atoms with Crippen molar-refractivity contribution in [2.45, 2.75) is 37.2 Å². The Morgan fingerprint density at radius 3 is 2.92 bits per heavy atom. The molecule has 0 radical (unpaired) electrons. The number of hydrogen-bond acceptors (Lipinski definition) is 5. The Labute approximate surface area is 154 Å². The zero-order chi connectivity index (χ0) is 17.8. The number of thioether (sulfide) groups is 1.